The van der Waals surface area contributed by atoms with Gasteiger partial charge in [-0.2, -0.15) is 0 Å². The molecule has 0 spiro atoms. The van der Waals surface area contributed by atoms with Gasteiger partial charge in [0.1, 0.15) is 0 Å². The van der Waals surface area contributed by atoms with E-state index in [9.17, 15) is 4.79 Å². The maximum atomic E-state index is 12.1. The van der Waals surface area contributed by atoms with Crippen LogP contribution in [0.25, 0.3) is 0 Å². The summed E-state index contributed by atoms with van der Waals surface area (Å²) in [6.07, 6.45) is 0. The molecule has 1 N–H and O–H groups in total. The van der Waals surface area contributed by atoms with E-state index in [2.05, 4.69) is 45.6 Å². The van der Waals surface area contributed by atoms with E-state index in [-0.39, 0.29) is 16.7 Å². The number of benzene rings is 1. The van der Waals surface area contributed by atoms with Gasteiger partial charge in [0.05, 0.1) is 10.6 Å². The van der Waals surface area contributed by atoms with Gasteiger partial charge in [0.25, 0.3) is 5.91 Å². The minimum atomic E-state index is -0.126. The van der Waals surface area contributed by atoms with Crippen LogP contribution >= 0.6 is 24.2 Å². The minimum Gasteiger partial charge on any atom is -0.352 e. The van der Waals surface area contributed by atoms with Crippen molar-refractivity contribution in [1.29, 1.82) is 0 Å². The van der Waals surface area contributed by atoms with E-state index < -0.39 is 0 Å². The van der Waals surface area contributed by atoms with E-state index in [0.717, 1.165) is 4.90 Å². The molecule has 19 heavy (non-hydrogen) atoms. The standard InChI is InChI=1S/C15H20ClNOS/c1-14(2)12(15(14,3)4)8-17-13(18)10-7-9(19)5-6-11(10)16/h5-7,12,19H,8H2,1-4H3,(H,17,18). The van der Waals surface area contributed by atoms with E-state index in [0.29, 0.717) is 23.0 Å². The highest BCUT2D eigenvalue weighted by Crippen LogP contribution is 2.67. The molecule has 1 amide bonds. The third-order valence-electron chi connectivity index (χ3n) is 4.98. The first-order valence-corrected chi connectivity index (χ1v) is 7.27. The van der Waals surface area contributed by atoms with Crippen LogP contribution in [0.3, 0.4) is 0 Å². The Morgan fingerprint density at radius 3 is 2.42 bits per heavy atom. The number of amides is 1. The third kappa shape index (κ3) is 2.50. The predicted molar refractivity (Wildman–Crippen MR) is 82.1 cm³/mol. The van der Waals surface area contributed by atoms with Gasteiger partial charge in [-0.25, -0.2) is 0 Å². The molecule has 0 aromatic heterocycles. The molecular weight excluding hydrogens is 278 g/mol. The molecule has 2 nitrogen and oxygen atoms in total. The molecule has 2 rings (SSSR count). The number of rotatable bonds is 3. The van der Waals surface area contributed by atoms with E-state index in [4.69, 9.17) is 11.6 Å². The maximum Gasteiger partial charge on any atom is 0.252 e. The number of halogens is 1. The van der Waals surface area contributed by atoms with Crippen LogP contribution in [-0.2, 0) is 0 Å². The van der Waals surface area contributed by atoms with Crippen molar-refractivity contribution in [3.8, 4) is 0 Å². The van der Waals surface area contributed by atoms with Crippen molar-refractivity contribution in [2.24, 2.45) is 16.7 Å². The monoisotopic (exact) mass is 297 g/mol. The molecule has 4 heteroatoms. The third-order valence-corrected chi connectivity index (χ3v) is 5.59. The molecule has 0 aliphatic heterocycles. The quantitative estimate of drug-likeness (QED) is 0.810. The van der Waals surface area contributed by atoms with Crippen molar-refractivity contribution in [2.45, 2.75) is 32.6 Å². The average molecular weight is 298 g/mol. The first-order chi connectivity index (χ1) is 8.68. The summed E-state index contributed by atoms with van der Waals surface area (Å²) in [5.41, 5.74) is 1.04. The van der Waals surface area contributed by atoms with Gasteiger partial charge in [0, 0.05) is 11.4 Å². The molecule has 1 aromatic carbocycles. The Morgan fingerprint density at radius 1 is 1.32 bits per heavy atom. The zero-order valence-corrected chi connectivity index (χ0v) is 13.4. The van der Waals surface area contributed by atoms with Crippen LogP contribution in [0.5, 0.6) is 0 Å². The molecule has 0 heterocycles. The van der Waals surface area contributed by atoms with Crippen LogP contribution in [0.4, 0.5) is 0 Å². The predicted octanol–water partition coefficient (Wildman–Crippen LogP) is 4.04. The van der Waals surface area contributed by atoms with Crippen molar-refractivity contribution in [3.05, 3.63) is 28.8 Å². The molecule has 0 bridgehead atoms. The minimum absolute atomic E-state index is 0.126. The summed E-state index contributed by atoms with van der Waals surface area (Å²) < 4.78 is 0. The summed E-state index contributed by atoms with van der Waals surface area (Å²) in [6.45, 7) is 9.65. The Balaban J connectivity index is 2.02. The Morgan fingerprint density at radius 2 is 1.89 bits per heavy atom. The summed E-state index contributed by atoms with van der Waals surface area (Å²) in [4.78, 5) is 12.9. The van der Waals surface area contributed by atoms with Gasteiger partial charge < -0.3 is 5.32 Å². The van der Waals surface area contributed by atoms with Crippen LogP contribution in [-0.4, -0.2) is 12.5 Å². The summed E-state index contributed by atoms with van der Waals surface area (Å²) in [5.74, 6) is 0.376. The second kappa shape index (κ2) is 4.71. The highest BCUT2D eigenvalue weighted by molar-refractivity contribution is 7.80. The van der Waals surface area contributed by atoms with E-state index in [1.54, 1.807) is 18.2 Å². The molecule has 1 saturated carbocycles. The van der Waals surface area contributed by atoms with Gasteiger partial charge in [0.15, 0.2) is 0 Å². The number of hydrogen-bond donors (Lipinski definition) is 2. The normalized spacial score (nSPS) is 20.1. The fourth-order valence-corrected chi connectivity index (χ4v) is 3.23. The Bertz CT molecular complexity index is 511. The first-order valence-electron chi connectivity index (χ1n) is 6.44. The summed E-state index contributed by atoms with van der Waals surface area (Å²) in [5, 5.41) is 3.45. The van der Waals surface area contributed by atoms with Crippen LogP contribution in [0.2, 0.25) is 5.02 Å². The van der Waals surface area contributed by atoms with E-state index >= 15 is 0 Å². The van der Waals surface area contributed by atoms with Gasteiger partial charge in [0.2, 0.25) is 0 Å². The molecule has 0 saturated heterocycles. The SMILES string of the molecule is CC1(C)C(CNC(=O)c2cc(S)ccc2Cl)C1(C)C. The molecule has 104 valence electrons. The van der Waals surface area contributed by atoms with E-state index in [1.165, 1.54) is 0 Å². The maximum absolute atomic E-state index is 12.1. The van der Waals surface area contributed by atoms with E-state index in [1.807, 2.05) is 0 Å². The smallest absolute Gasteiger partial charge is 0.252 e. The summed E-state index contributed by atoms with van der Waals surface area (Å²) in [6, 6.07) is 5.17. The molecule has 0 unspecified atom stereocenters. The first kappa shape index (κ1) is 14.7. The molecule has 0 atom stereocenters. The lowest BCUT2D eigenvalue weighted by Gasteiger charge is -2.08. The lowest BCUT2D eigenvalue weighted by atomic mass is 10.0. The highest BCUT2D eigenvalue weighted by atomic mass is 35.5. The molecule has 1 fully saturated rings. The van der Waals surface area contributed by atoms with Crippen molar-refractivity contribution >= 4 is 30.1 Å². The molecule has 1 aliphatic carbocycles. The number of thiol groups is 1. The molecule has 1 aliphatic rings. The van der Waals surface area contributed by atoms with Crippen LogP contribution in [0.1, 0.15) is 38.1 Å². The van der Waals surface area contributed by atoms with Crippen molar-refractivity contribution in [2.75, 3.05) is 6.54 Å². The van der Waals surface area contributed by atoms with Gasteiger partial charge >= 0.3 is 0 Å². The zero-order valence-electron chi connectivity index (χ0n) is 11.7. The zero-order chi connectivity index (χ0) is 14.4. The largest absolute Gasteiger partial charge is 0.352 e. The lowest BCUT2D eigenvalue weighted by molar-refractivity contribution is 0.0950. The average Bonchev–Trinajstić information content (AvgIpc) is 2.70. The van der Waals surface area contributed by atoms with Crippen LogP contribution < -0.4 is 5.32 Å². The van der Waals surface area contributed by atoms with Crippen molar-refractivity contribution in [3.63, 3.8) is 0 Å². The molecule has 0 radical (unpaired) electrons. The van der Waals surface area contributed by atoms with Crippen molar-refractivity contribution in [1.82, 2.24) is 5.32 Å². The second-order valence-electron chi connectivity index (χ2n) is 6.37. The van der Waals surface area contributed by atoms with Gasteiger partial charge in [-0.05, 0) is 34.9 Å². The number of carbonyl (C=O) groups is 1. The van der Waals surface area contributed by atoms with Gasteiger partial charge in [-0.15, -0.1) is 12.6 Å². The lowest BCUT2D eigenvalue weighted by Crippen LogP contribution is -2.27. The number of carbonyl (C=O) groups excluding carboxylic acids is 1. The summed E-state index contributed by atoms with van der Waals surface area (Å²) in [7, 11) is 0. The second-order valence-corrected chi connectivity index (χ2v) is 7.29. The Labute approximate surface area is 125 Å². The fraction of sp³-hybridized carbons (Fsp3) is 0.533. The van der Waals surface area contributed by atoms with Crippen LogP contribution in [0, 0.1) is 16.7 Å². The van der Waals surface area contributed by atoms with Crippen LogP contribution in [0.15, 0.2) is 23.1 Å². The number of hydrogen-bond acceptors (Lipinski definition) is 2. The van der Waals surface area contributed by atoms with Crippen molar-refractivity contribution < 1.29 is 4.79 Å². The topological polar surface area (TPSA) is 29.1 Å². The highest BCUT2D eigenvalue weighted by Gasteiger charge is 2.64. The fourth-order valence-electron chi connectivity index (χ4n) is 2.82. The number of nitrogens with one attached hydrogen (secondary N) is 1. The van der Waals surface area contributed by atoms with Gasteiger partial charge in [-0.1, -0.05) is 39.3 Å². The molecule has 1 aromatic rings. The molecular formula is C15H20ClNOS. The van der Waals surface area contributed by atoms with Gasteiger partial charge in [-0.3, -0.25) is 4.79 Å². The Hall–Kier alpha value is -0.670. The Kier molecular flexibility index (Phi) is 3.65. The summed E-state index contributed by atoms with van der Waals surface area (Å²) >= 11 is 10.3.